The Morgan fingerprint density at radius 1 is 1.55 bits per heavy atom. The quantitative estimate of drug-likeness (QED) is 0.514. The molecule has 0 aromatic rings. The molecule has 1 N–H and O–H groups in total. The molecule has 0 radical (unpaired) electrons. The standard InChI is InChI=1S/C9H13NO/c1-8-4-7-2-3-9(8,11-7)6-10-5-8/h2-3,7,10H,4-6H2,1H3/t7-,8+,9-/m0/s1. The van der Waals surface area contributed by atoms with Gasteiger partial charge in [-0.2, -0.15) is 0 Å². The fourth-order valence-corrected chi connectivity index (χ4v) is 2.74. The van der Waals surface area contributed by atoms with Gasteiger partial charge in [-0.1, -0.05) is 19.1 Å². The summed E-state index contributed by atoms with van der Waals surface area (Å²) in [5, 5.41) is 3.41. The maximum absolute atomic E-state index is 5.91. The van der Waals surface area contributed by atoms with Gasteiger partial charge in [-0.15, -0.1) is 0 Å². The highest BCUT2D eigenvalue weighted by Crippen LogP contribution is 2.53. The van der Waals surface area contributed by atoms with Crippen molar-refractivity contribution < 1.29 is 4.74 Å². The zero-order valence-corrected chi connectivity index (χ0v) is 6.76. The van der Waals surface area contributed by atoms with Crippen LogP contribution >= 0.6 is 0 Å². The maximum Gasteiger partial charge on any atom is 0.106 e. The Morgan fingerprint density at radius 2 is 2.45 bits per heavy atom. The molecule has 2 fully saturated rings. The molecule has 0 aromatic heterocycles. The Labute approximate surface area is 66.6 Å². The van der Waals surface area contributed by atoms with Gasteiger partial charge in [0, 0.05) is 18.5 Å². The number of fused-ring (bicyclic) bond motifs is 1. The largest absolute Gasteiger partial charge is 0.362 e. The van der Waals surface area contributed by atoms with Crippen LogP contribution in [0.4, 0.5) is 0 Å². The molecule has 0 unspecified atom stereocenters. The Balaban J connectivity index is 2.13. The van der Waals surface area contributed by atoms with Crippen molar-refractivity contribution in [3.05, 3.63) is 12.2 Å². The molecule has 0 amide bonds. The smallest absolute Gasteiger partial charge is 0.106 e. The average molecular weight is 151 g/mol. The zero-order chi connectivity index (χ0) is 7.53. The Bertz CT molecular complexity index is 238. The van der Waals surface area contributed by atoms with Gasteiger partial charge in [-0.25, -0.2) is 0 Å². The molecule has 0 aliphatic carbocycles. The van der Waals surface area contributed by atoms with Gasteiger partial charge in [0.05, 0.1) is 6.10 Å². The highest BCUT2D eigenvalue weighted by atomic mass is 16.5. The van der Waals surface area contributed by atoms with Crippen molar-refractivity contribution in [2.24, 2.45) is 5.41 Å². The molecule has 2 saturated heterocycles. The number of rotatable bonds is 0. The van der Waals surface area contributed by atoms with Gasteiger partial charge in [0.2, 0.25) is 0 Å². The summed E-state index contributed by atoms with van der Waals surface area (Å²) in [4.78, 5) is 0. The fourth-order valence-electron chi connectivity index (χ4n) is 2.74. The normalized spacial score (nSPS) is 58.8. The average Bonchev–Trinajstić information content (AvgIpc) is 2.49. The molecule has 3 heterocycles. The van der Waals surface area contributed by atoms with Crippen LogP contribution in [0.1, 0.15) is 13.3 Å². The third-order valence-electron chi connectivity index (χ3n) is 3.52. The predicted octanol–water partition coefficient (Wildman–Crippen LogP) is 0.693. The summed E-state index contributed by atoms with van der Waals surface area (Å²) in [5.41, 5.74) is 0.448. The van der Waals surface area contributed by atoms with E-state index in [0.717, 1.165) is 13.1 Å². The molecule has 3 aliphatic heterocycles. The third kappa shape index (κ3) is 0.531. The van der Waals surface area contributed by atoms with Crippen LogP contribution in [0.2, 0.25) is 0 Å². The Morgan fingerprint density at radius 3 is 3.18 bits per heavy atom. The van der Waals surface area contributed by atoms with Crippen LogP contribution in [-0.2, 0) is 4.74 Å². The highest BCUT2D eigenvalue weighted by molar-refractivity contribution is 5.28. The lowest BCUT2D eigenvalue weighted by atomic mass is 9.72. The van der Waals surface area contributed by atoms with Crippen molar-refractivity contribution in [2.75, 3.05) is 13.1 Å². The summed E-state index contributed by atoms with van der Waals surface area (Å²) in [6.45, 7) is 4.46. The van der Waals surface area contributed by atoms with E-state index in [2.05, 4.69) is 24.4 Å². The molecule has 2 nitrogen and oxygen atoms in total. The predicted molar refractivity (Wildman–Crippen MR) is 42.3 cm³/mol. The van der Waals surface area contributed by atoms with Gasteiger partial charge < -0.3 is 10.1 Å². The minimum absolute atomic E-state index is 0.0671. The first-order chi connectivity index (χ1) is 5.24. The van der Waals surface area contributed by atoms with E-state index in [4.69, 9.17) is 4.74 Å². The molecule has 11 heavy (non-hydrogen) atoms. The second-order valence-corrected chi connectivity index (χ2v) is 4.27. The minimum Gasteiger partial charge on any atom is -0.362 e. The van der Waals surface area contributed by atoms with Crippen LogP contribution in [0.15, 0.2) is 12.2 Å². The lowest BCUT2D eigenvalue weighted by Crippen LogP contribution is -2.39. The molecule has 2 bridgehead atoms. The molecular weight excluding hydrogens is 138 g/mol. The van der Waals surface area contributed by atoms with Crippen LogP contribution < -0.4 is 5.32 Å². The fraction of sp³-hybridized carbons (Fsp3) is 0.778. The number of ether oxygens (including phenoxy) is 1. The van der Waals surface area contributed by atoms with Gasteiger partial charge in [0.25, 0.3) is 0 Å². The zero-order valence-electron chi connectivity index (χ0n) is 6.76. The van der Waals surface area contributed by atoms with Crippen molar-refractivity contribution in [1.82, 2.24) is 5.32 Å². The first-order valence-corrected chi connectivity index (χ1v) is 4.32. The van der Waals surface area contributed by atoms with Crippen LogP contribution in [-0.4, -0.2) is 24.8 Å². The summed E-state index contributed by atoms with van der Waals surface area (Å²) in [6, 6.07) is 0. The molecule has 60 valence electrons. The van der Waals surface area contributed by atoms with Gasteiger partial charge in [0.1, 0.15) is 5.60 Å². The highest BCUT2D eigenvalue weighted by Gasteiger charge is 2.60. The molecule has 2 heteroatoms. The van der Waals surface area contributed by atoms with E-state index < -0.39 is 0 Å². The molecule has 0 saturated carbocycles. The second-order valence-electron chi connectivity index (χ2n) is 4.27. The summed E-state index contributed by atoms with van der Waals surface area (Å²) in [5.74, 6) is 0. The van der Waals surface area contributed by atoms with Gasteiger partial charge >= 0.3 is 0 Å². The number of hydrogen-bond donors (Lipinski definition) is 1. The van der Waals surface area contributed by atoms with E-state index in [1.54, 1.807) is 0 Å². The molecule has 0 aromatic carbocycles. The monoisotopic (exact) mass is 151 g/mol. The van der Waals surface area contributed by atoms with Crippen molar-refractivity contribution in [3.63, 3.8) is 0 Å². The van der Waals surface area contributed by atoms with Crippen LogP contribution in [0.3, 0.4) is 0 Å². The SMILES string of the molecule is C[C@@]12CNC[C@@]13C=C[C@@H](C2)O3. The van der Waals surface area contributed by atoms with Crippen molar-refractivity contribution >= 4 is 0 Å². The minimum atomic E-state index is 0.0671. The van der Waals surface area contributed by atoms with Crippen molar-refractivity contribution in [3.8, 4) is 0 Å². The summed E-state index contributed by atoms with van der Waals surface area (Å²) in [7, 11) is 0. The van der Waals surface area contributed by atoms with Crippen LogP contribution in [0, 0.1) is 5.41 Å². The van der Waals surface area contributed by atoms with E-state index in [1.807, 2.05) is 0 Å². The van der Waals surface area contributed by atoms with Crippen LogP contribution in [0.5, 0.6) is 0 Å². The summed E-state index contributed by atoms with van der Waals surface area (Å²) < 4.78 is 5.91. The second kappa shape index (κ2) is 1.54. The van der Waals surface area contributed by atoms with E-state index >= 15 is 0 Å². The van der Waals surface area contributed by atoms with Gasteiger partial charge in [-0.3, -0.25) is 0 Å². The van der Waals surface area contributed by atoms with Crippen LogP contribution in [0.25, 0.3) is 0 Å². The lowest BCUT2D eigenvalue weighted by molar-refractivity contribution is 0.0116. The van der Waals surface area contributed by atoms with E-state index in [9.17, 15) is 0 Å². The Kier molecular flexibility index (Phi) is 0.871. The molecule has 3 rings (SSSR count). The van der Waals surface area contributed by atoms with E-state index in [-0.39, 0.29) is 5.60 Å². The molecule has 3 aliphatic rings. The van der Waals surface area contributed by atoms with Gasteiger partial charge in [0.15, 0.2) is 0 Å². The topological polar surface area (TPSA) is 21.3 Å². The van der Waals surface area contributed by atoms with Crippen molar-refractivity contribution in [1.29, 1.82) is 0 Å². The maximum atomic E-state index is 5.91. The lowest BCUT2D eigenvalue weighted by Gasteiger charge is -2.31. The summed E-state index contributed by atoms with van der Waals surface area (Å²) in [6.07, 6.45) is 6.11. The summed E-state index contributed by atoms with van der Waals surface area (Å²) >= 11 is 0. The molecule has 3 atom stereocenters. The van der Waals surface area contributed by atoms with E-state index in [1.165, 1.54) is 6.42 Å². The van der Waals surface area contributed by atoms with E-state index in [0.29, 0.717) is 11.5 Å². The number of nitrogens with one attached hydrogen (secondary N) is 1. The Hall–Kier alpha value is -0.340. The first-order valence-electron chi connectivity index (χ1n) is 4.32. The number of hydrogen-bond acceptors (Lipinski definition) is 2. The molecular formula is C9H13NO. The van der Waals surface area contributed by atoms with Gasteiger partial charge in [-0.05, 0) is 6.42 Å². The third-order valence-corrected chi connectivity index (χ3v) is 3.52. The molecule has 1 spiro atoms. The van der Waals surface area contributed by atoms with Crippen molar-refractivity contribution in [2.45, 2.75) is 25.0 Å². The first kappa shape index (κ1) is 6.21.